The molecule has 6 atom stereocenters. The Morgan fingerprint density at radius 1 is 0.724 bits per heavy atom. The predicted octanol–water partition coefficient (Wildman–Crippen LogP) is 7.13. The number of ether oxygens (including phenoxy) is 2. The molecule has 5 aromatic rings. The zero-order valence-corrected chi connectivity index (χ0v) is 33.5. The minimum atomic E-state index is -0.705. The lowest BCUT2D eigenvalue weighted by molar-refractivity contribution is -0.139. The normalized spacial score (nSPS) is 21.0. The molecule has 0 radical (unpaired) electrons. The zero-order chi connectivity index (χ0) is 40.7. The van der Waals surface area contributed by atoms with Crippen molar-refractivity contribution < 1.29 is 28.7 Å². The van der Waals surface area contributed by atoms with E-state index >= 15 is 0 Å². The molecule has 14 heteroatoms. The third kappa shape index (κ3) is 7.38. The lowest BCUT2D eigenvalue weighted by Gasteiger charge is -2.37. The Morgan fingerprint density at radius 2 is 1.33 bits per heavy atom. The number of nitrogens with one attached hydrogen (secondary N) is 4. The zero-order valence-electron chi connectivity index (χ0n) is 33.5. The van der Waals surface area contributed by atoms with Crippen molar-refractivity contribution in [2.45, 2.75) is 83.1 Å². The molecule has 2 aromatic heterocycles. The first-order valence-electron chi connectivity index (χ1n) is 20.1. The molecule has 8 rings (SSSR count). The van der Waals surface area contributed by atoms with Gasteiger partial charge in [-0.2, -0.15) is 0 Å². The van der Waals surface area contributed by atoms with Crippen LogP contribution in [0.25, 0.3) is 44.4 Å². The number of nitrogens with zero attached hydrogens (tertiary/aromatic N) is 4. The van der Waals surface area contributed by atoms with Gasteiger partial charge in [-0.25, -0.2) is 19.6 Å². The van der Waals surface area contributed by atoms with Gasteiger partial charge in [0.1, 0.15) is 23.7 Å². The Balaban J connectivity index is 0.954. The number of alkyl carbamates (subject to hydrolysis) is 2. The summed E-state index contributed by atoms with van der Waals surface area (Å²) in [6.45, 7) is 6.11. The summed E-state index contributed by atoms with van der Waals surface area (Å²) in [5.41, 5.74) is 5.92. The highest BCUT2D eigenvalue weighted by Gasteiger charge is 2.51. The maximum atomic E-state index is 14.0. The number of likely N-dealkylation sites (tertiary alicyclic amines) is 2. The van der Waals surface area contributed by atoms with Crippen LogP contribution in [0.4, 0.5) is 9.59 Å². The number of hydrogen-bond acceptors (Lipinski definition) is 8. The van der Waals surface area contributed by atoms with Gasteiger partial charge in [0.2, 0.25) is 11.8 Å². The fourth-order valence-corrected chi connectivity index (χ4v) is 9.10. The van der Waals surface area contributed by atoms with Crippen molar-refractivity contribution in [2.75, 3.05) is 20.8 Å². The minimum Gasteiger partial charge on any atom is -0.453 e. The number of carbonyl (C=O) groups excluding carboxylic acids is 4. The van der Waals surface area contributed by atoms with Crippen LogP contribution in [0.1, 0.15) is 76.6 Å². The molecule has 4 amide bonds. The van der Waals surface area contributed by atoms with Crippen molar-refractivity contribution in [2.24, 2.45) is 11.8 Å². The number of H-pyrrole nitrogens is 2. The van der Waals surface area contributed by atoms with Gasteiger partial charge < -0.3 is 39.9 Å². The van der Waals surface area contributed by atoms with Gasteiger partial charge >= 0.3 is 12.2 Å². The minimum absolute atomic E-state index is 0.0918. The van der Waals surface area contributed by atoms with Gasteiger partial charge in [0.25, 0.3) is 0 Å². The van der Waals surface area contributed by atoms with E-state index in [1.54, 1.807) is 18.0 Å². The van der Waals surface area contributed by atoms with E-state index in [2.05, 4.69) is 91.0 Å². The number of amides is 4. The number of piperidine rings is 1. The fourth-order valence-electron chi connectivity index (χ4n) is 9.10. The number of benzene rings is 3. The number of hydrogen-bond donors (Lipinski definition) is 4. The van der Waals surface area contributed by atoms with Crippen molar-refractivity contribution in [3.63, 3.8) is 0 Å². The fraction of sp³-hybridized carbons (Fsp3) is 0.409. The molecule has 3 aliphatic rings. The molecule has 4 N–H and O–H groups in total. The highest BCUT2D eigenvalue weighted by atomic mass is 16.5. The topological polar surface area (TPSA) is 175 Å². The maximum absolute atomic E-state index is 14.0. The molecular formula is C44H50N8O6. The molecule has 0 spiro atoms. The highest BCUT2D eigenvalue weighted by Crippen LogP contribution is 2.50. The van der Waals surface area contributed by atoms with Gasteiger partial charge in [-0.1, -0.05) is 62.4 Å². The number of aromatic amines is 2. The van der Waals surface area contributed by atoms with Gasteiger partial charge in [-0.15, -0.1) is 0 Å². The molecule has 4 heterocycles. The summed E-state index contributed by atoms with van der Waals surface area (Å²) in [6.07, 6.45) is 6.98. The largest absolute Gasteiger partial charge is 0.453 e. The number of aromatic nitrogens is 4. The summed E-state index contributed by atoms with van der Waals surface area (Å²) in [7, 11) is 2.58. The SMILES string of the molecule is COC(=O)NC(C)C(=O)N1CCCC1c1ncc(-c2ccc(-c3ccc4cc(-c5cnc(C6C7CCC(C7)N6C(=O)C(NC(=O)OC)C(C)C)[nH]5)ccc4c3)cc2)[nH]1. The lowest BCUT2D eigenvalue weighted by Crippen LogP contribution is -2.54. The lowest BCUT2D eigenvalue weighted by atomic mass is 9.95. The number of methoxy groups -OCH3 is 2. The monoisotopic (exact) mass is 786 g/mol. The van der Waals surface area contributed by atoms with E-state index in [0.29, 0.717) is 12.5 Å². The van der Waals surface area contributed by atoms with E-state index in [1.165, 1.54) is 14.2 Å². The van der Waals surface area contributed by atoms with Gasteiger partial charge in [0.05, 0.1) is 50.1 Å². The average molecular weight is 787 g/mol. The van der Waals surface area contributed by atoms with Crippen LogP contribution in [0.15, 0.2) is 73.1 Å². The second kappa shape index (κ2) is 16.0. The first-order valence-corrected chi connectivity index (χ1v) is 20.1. The summed E-state index contributed by atoms with van der Waals surface area (Å²) < 4.78 is 9.48. The molecule has 2 bridgehead atoms. The van der Waals surface area contributed by atoms with E-state index in [4.69, 9.17) is 9.72 Å². The van der Waals surface area contributed by atoms with Crippen LogP contribution >= 0.6 is 0 Å². The summed E-state index contributed by atoms with van der Waals surface area (Å²) in [4.78, 5) is 71.1. The molecule has 302 valence electrons. The van der Waals surface area contributed by atoms with E-state index in [1.807, 2.05) is 24.9 Å². The average Bonchev–Trinajstić information content (AvgIpc) is 4.10. The molecule has 2 aliphatic heterocycles. The maximum Gasteiger partial charge on any atom is 0.407 e. The molecule has 1 saturated carbocycles. The second-order valence-electron chi connectivity index (χ2n) is 16.0. The van der Waals surface area contributed by atoms with Crippen LogP contribution < -0.4 is 10.6 Å². The predicted molar refractivity (Wildman–Crippen MR) is 218 cm³/mol. The molecule has 2 saturated heterocycles. The van der Waals surface area contributed by atoms with E-state index < -0.39 is 24.3 Å². The summed E-state index contributed by atoms with van der Waals surface area (Å²) in [5.74, 6) is 1.45. The molecule has 58 heavy (non-hydrogen) atoms. The van der Waals surface area contributed by atoms with Crippen LogP contribution in [0.2, 0.25) is 0 Å². The summed E-state index contributed by atoms with van der Waals surface area (Å²) in [6, 6.07) is 19.5. The molecule has 6 unspecified atom stereocenters. The molecule has 14 nitrogen and oxygen atoms in total. The van der Waals surface area contributed by atoms with Gasteiger partial charge in [0, 0.05) is 18.2 Å². The highest BCUT2D eigenvalue weighted by molar-refractivity contribution is 5.91. The Labute approximate surface area is 337 Å². The first-order chi connectivity index (χ1) is 28.0. The number of carbonyl (C=O) groups is 4. The summed E-state index contributed by atoms with van der Waals surface area (Å²) >= 11 is 0. The second-order valence-corrected chi connectivity index (χ2v) is 16.0. The van der Waals surface area contributed by atoms with Gasteiger partial charge in [-0.05, 0) is 90.5 Å². The Hall–Kier alpha value is -6.18. The Kier molecular flexibility index (Phi) is 10.7. The molecule has 3 fully saturated rings. The Morgan fingerprint density at radius 3 is 2.03 bits per heavy atom. The number of rotatable bonds is 10. The van der Waals surface area contributed by atoms with Crippen LogP contribution in [0.3, 0.4) is 0 Å². The third-order valence-electron chi connectivity index (χ3n) is 12.1. The van der Waals surface area contributed by atoms with Crippen molar-refractivity contribution in [3.8, 4) is 33.6 Å². The van der Waals surface area contributed by atoms with Crippen molar-refractivity contribution in [1.82, 2.24) is 40.4 Å². The van der Waals surface area contributed by atoms with E-state index in [0.717, 1.165) is 88.2 Å². The van der Waals surface area contributed by atoms with E-state index in [-0.39, 0.29) is 35.9 Å². The van der Waals surface area contributed by atoms with Crippen molar-refractivity contribution in [3.05, 3.63) is 84.7 Å². The molecule has 3 aromatic carbocycles. The molecule has 1 aliphatic carbocycles. The van der Waals surface area contributed by atoms with Crippen molar-refractivity contribution >= 4 is 34.8 Å². The van der Waals surface area contributed by atoms with Crippen LogP contribution in [0, 0.1) is 11.8 Å². The van der Waals surface area contributed by atoms with Crippen LogP contribution in [0.5, 0.6) is 0 Å². The summed E-state index contributed by atoms with van der Waals surface area (Å²) in [5, 5.41) is 7.53. The van der Waals surface area contributed by atoms with Gasteiger partial charge in [0.15, 0.2) is 0 Å². The van der Waals surface area contributed by atoms with Crippen LogP contribution in [-0.2, 0) is 19.1 Å². The standard InChI is InChI=1S/C44H50N8O6/c1-24(2)37(50-44(56)58-5)42(54)52-33-17-16-32(21-33)38(52)40-46-23-35(49-40)31-15-14-29-19-28(12-13-30(29)20-31)26-8-10-27(11-9-26)34-22-45-39(48-34)36-7-6-18-51(36)41(53)25(3)47-43(55)57-4/h8-15,19-20,22-25,32-33,36-38H,6-7,16-18,21H2,1-5H3,(H,45,48)(H,46,49)(H,47,55)(H,50,56). The Bertz CT molecular complexity index is 2340. The van der Waals surface area contributed by atoms with Crippen LogP contribution in [-0.4, -0.2) is 92.6 Å². The van der Waals surface area contributed by atoms with E-state index in [9.17, 15) is 19.2 Å². The number of imidazole rings is 2. The van der Waals surface area contributed by atoms with Crippen molar-refractivity contribution in [1.29, 1.82) is 0 Å². The first kappa shape index (κ1) is 38.7. The molecular weight excluding hydrogens is 737 g/mol. The third-order valence-corrected chi connectivity index (χ3v) is 12.1. The number of fused-ring (bicyclic) bond motifs is 3. The smallest absolute Gasteiger partial charge is 0.407 e. The van der Waals surface area contributed by atoms with Gasteiger partial charge in [-0.3, -0.25) is 9.59 Å². The quantitative estimate of drug-likeness (QED) is 0.116.